The van der Waals surface area contributed by atoms with Crippen molar-refractivity contribution < 1.29 is 12.8 Å². The molecule has 26 heavy (non-hydrogen) atoms. The molecule has 1 aromatic heterocycles. The summed E-state index contributed by atoms with van der Waals surface area (Å²) in [4.78, 5) is 2.65. The first-order valence-electron chi connectivity index (χ1n) is 9.81. The molecular weight excluding hydrogens is 348 g/mol. The van der Waals surface area contributed by atoms with Gasteiger partial charge in [0.1, 0.15) is 5.58 Å². The number of piperidine rings is 2. The van der Waals surface area contributed by atoms with Gasteiger partial charge in [-0.1, -0.05) is 13.3 Å². The van der Waals surface area contributed by atoms with E-state index >= 15 is 0 Å². The van der Waals surface area contributed by atoms with E-state index < -0.39 is 10.0 Å². The maximum absolute atomic E-state index is 12.1. The predicted octanol–water partition coefficient (Wildman–Crippen LogP) is 4.32. The van der Waals surface area contributed by atoms with E-state index in [0.717, 1.165) is 23.9 Å². The van der Waals surface area contributed by atoms with Crippen LogP contribution in [0.1, 0.15) is 56.9 Å². The van der Waals surface area contributed by atoms with Crippen LogP contribution in [0.3, 0.4) is 0 Å². The summed E-state index contributed by atoms with van der Waals surface area (Å²) in [5.74, 6) is 0.641. The van der Waals surface area contributed by atoms with Crippen molar-refractivity contribution in [2.24, 2.45) is 0 Å². The van der Waals surface area contributed by atoms with Crippen LogP contribution in [0.4, 0.5) is 5.69 Å². The van der Waals surface area contributed by atoms with Crippen molar-refractivity contribution in [1.29, 1.82) is 0 Å². The summed E-state index contributed by atoms with van der Waals surface area (Å²) >= 11 is 0. The molecule has 6 heteroatoms. The van der Waals surface area contributed by atoms with E-state index in [2.05, 4.69) is 9.62 Å². The lowest BCUT2D eigenvalue weighted by atomic mass is 9.82. The number of nitrogens with zero attached hydrogens (tertiary/aromatic N) is 1. The van der Waals surface area contributed by atoms with Crippen molar-refractivity contribution >= 4 is 26.7 Å². The lowest BCUT2D eigenvalue weighted by Crippen LogP contribution is -2.44. The van der Waals surface area contributed by atoms with Crippen molar-refractivity contribution in [3.8, 4) is 0 Å². The zero-order valence-corrected chi connectivity index (χ0v) is 16.2. The number of hydrogen-bond acceptors (Lipinski definition) is 4. The van der Waals surface area contributed by atoms with Gasteiger partial charge < -0.3 is 9.32 Å². The quantitative estimate of drug-likeness (QED) is 0.844. The summed E-state index contributed by atoms with van der Waals surface area (Å²) in [6, 6.07) is 6.29. The van der Waals surface area contributed by atoms with Crippen molar-refractivity contribution in [3.63, 3.8) is 0 Å². The Labute approximate surface area is 155 Å². The molecule has 142 valence electrons. The van der Waals surface area contributed by atoms with Crippen LogP contribution in [0.2, 0.25) is 0 Å². The molecule has 0 bridgehead atoms. The van der Waals surface area contributed by atoms with Gasteiger partial charge in [-0.3, -0.25) is 4.72 Å². The number of fused-ring (bicyclic) bond motifs is 2. The van der Waals surface area contributed by atoms with Crippen LogP contribution in [0.25, 0.3) is 11.0 Å². The zero-order valence-electron chi connectivity index (χ0n) is 15.4. The maximum atomic E-state index is 12.1. The van der Waals surface area contributed by atoms with Gasteiger partial charge in [-0.05, 0) is 69.3 Å². The Kier molecular flexibility index (Phi) is 4.97. The monoisotopic (exact) mass is 376 g/mol. The third-order valence-electron chi connectivity index (χ3n) is 5.86. The molecule has 2 aliphatic rings. The lowest BCUT2D eigenvalue weighted by molar-refractivity contribution is 0.0975. The summed E-state index contributed by atoms with van der Waals surface area (Å²) in [7, 11) is -3.28. The molecule has 5 nitrogen and oxygen atoms in total. The minimum absolute atomic E-state index is 0.142. The molecule has 0 aliphatic carbocycles. The second-order valence-electron chi connectivity index (χ2n) is 7.73. The average molecular weight is 377 g/mol. The fourth-order valence-electron chi connectivity index (χ4n) is 4.60. The third-order valence-corrected chi connectivity index (χ3v) is 7.35. The number of benzene rings is 1. The van der Waals surface area contributed by atoms with E-state index in [4.69, 9.17) is 4.42 Å². The second kappa shape index (κ2) is 7.24. The molecular formula is C20H28N2O3S. The average Bonchev–Trinajstić information content (AvgIpc) is 3.04. The molecule has 1 aromatic carbocycles. The van der Waals surface area contributed by atoms with Crippen LogP contribution < -0.4 is 4.72 Å². The van der Waals surface area contributed by atoms with E-state index in [1.54, 1.807) is 6.07 Å². The zero-order chi connectivity index (χ0) is 18.1. The fourth-order valence-corrected chi connectivity index (χ4v) is 5.73. The molecule has 0 amide bonds. The molecule has 2 unspecified atom stereocenters. The molecule has 2 aromatic rings. The third kappa shape index (κ3) is 3.62. The Balaban J connectivity index is 1.59. The molecule has 2 fully saturated rings. The van der Waals surface area contributed by atoms with Gasteiger partial charge in [-0.25, -0.2) is 8.42 Å². The Morgan fingerprint density at radius 2 is 2.12 bits per heavy atom. The van der Waals surface area contributed by atoms with Crippen molar-refractivity contribution in [2.45, 2.75) is 57.4 Å². The van der Waals surface area contributed by atoms with E-state index in [9.17, 15) is 8.42 Å². The number of sulfonamides is 1. The van der Waals surface area contributed by atoms with Crippen LogP contribution in [-0.4, -0.2) is 38.2 Å². The Bertz CT molecular complexity index is 874. The molecule has 2 saturated heterocycles. The minimum atomic E-state index is -3.28. The first-order valence-corrected chi connectivity index (χ1v) is 11.5. The van der Waals surface area contributed by atoms with Gasteiger partial charge >= 0.3 is 0 Å². The van der Waals surface area contributed by atoms with Gasteiger partial charge in [-0.2, -0.15) is 0 Å². The number of anilines is 1. The molecule has 2 aliphatic heterocycles. The van der Waals surface area contributed by atoms with Gasteiger partial charge in [0.2, 0.25) is 10.0 Å². The molecule has 0 spiro atoms. The minimum Gasteiger partial charge on any atom is -0.464 e. The standard InChI is InChI=1S/C20H28N2O3S/c1-2-11-26(23,24)21-16-6-7-20-18(13-16)19(14-25-20)15-8-10-22-9-4-3-5-17(22)12-15/h6-7,13-15,17,21H,2-5,8-12H2,1H3. The highest BCUT2D eigenvalue weighted by Gasteiger charge is 2.32. The molecule has 1 N–H and O–H groups in total. The van der Waals surface area contributed by atoms with Crippen LogP contribution in [0.15, 0.2) is 28.9 Å². The normalized spacial score (nSPS) is 24.5. The summed E-state index contributed by atoms with van der Waals surface area (Å²) in [6.07, 6.45) is 8.79. The van der Waals surface area contributed by atoms with Crippen LogP contribution in [0, 0.1) is 0 Å². The van der Waals surface area contributed by atoms with E-state index in [-0.39, 0.29) is 5.75 Å². The number of furan rings is 1. The maximum Gasteiger partial charge on any atom is 0.232 e. The second-order valence-corrected chi connectivity index (χ2v) is 9.57. The van der Waals surface area contributed by atoms with Crippen molar-refractivity contribution in [2.75, 3.05) is 23.6 Å². The van der Waals surface area contributed by atoms with Gasteiger partial charge in [0.15, 0.2) is 0 Å². The molecule has 4 rings (SSSR count). The van der Waals surface area contributed by atoms with E-state index in [0.29, 0.717) is 24.1 Å². The Morgan fingerprint density at radius 1 is 1.23 bits per heavy atom. The van der Waals surface area contributed by atoms with E-state index in [1.165, 1.54) is 37.8 Å². The summed E-state index contributed by atoms with van der Waals surface area (Å²) < 4.78 is 32.6. The summed E-state index contributed by atoms with van der Waals surface area (Å²) in [5, 5.41) is 1.05. The SMILES string of the molecule is CCCS(=O)(=O)Nc1ccc2occ(C3CCN4CCCCC4C3)c2c1. The predicted molar refractivity (Wildman–Crippen MR) is 105 cm³/mol. The topological polar surface area (TPSA) is 62.6 Å². The van der Waals surface area contributed by atoms with Crippen LogP contribution in [-0.2, 0) is 10.0 Å². The van der Waals surface area contributed by atoms with Gasteiger partial charge in [0.05, 0.1) is 12.0 Å². The number of rotatable bonds is 5. The van der Waals surface area contributed by atoms with Crippen LogP contribution >= 0.6 is 0 Å². The van der Waals surface area contributed by atoms with Crippen molar-refractivity contribution in [3.05, 3.63) is 30.0 Å². The Morgan fingerprint density at radius 3 is 2.96 bits per heavy atom. The van der Waals surface area contributed by atoms with Gasteiger partial charge in [0, 0.05) is 22.7 Å². The van der Waals surface area contributed by atoms with Gasteiger partial charge in [0.25, 0.3) is 0 Å². The summed E-state index contributed by atoms with van der Waals surface area (Å²) in [6.45, 7) is 4.27. The largest absolute Gasteiger partial charge is 0.464 e. The highest BCUT2D eigenvalue weighted by molar-refractivity contribution is 7.92. The molecule has 0 radical (unpaired) electrons. The van der Waals surface area contributed by atoms with E-state index in [1.807, 2.05) is 25.3 Å². The molecule has 3 heterocycles. The lowest BCUT2D eigenvalue weighted by Gasteiger charge is -2.42. The van der Waals surface area contributed by atoms with Crippen molar-refractivity contribution in [1.82, 2.24) is 4.90 Å². The first kappa shape index (κ1) is 17.9. The first-order chi connectivity index (χ1) is 12.6. The number of hydrogen-bond donors (Lipinski definition) is 1. The van der Waals surface area contributed by atoms with Crippen LogP contribution in [0.5, 0.6) is 0 Å². The Hall–Kier alpha value is -1.53. The smallest absolute Gasteiger partial charge is 0.232 e. The molecule has 0 saturated carbocycles. The molecule has 2 atom stereocenters. The number of nitrogens with one attached hydrogen (secondary N) is 1. The highest BCUT2D eigenvalue weighted by Crippen LogP contribution is 2.39. The fraction of sp³-hybridized carbons (Fsp3) is 0.600. The van der Waals surface area contributed by atoms with Gasteiger partial charge in [-0.15, -0.1) is 0 Å². The highest BCUT2D eigenvalue weighted by atomic mass is 32.2. The summed E-state index contributed by atoms with van der Waals surface area (Å²) in [5.41, 5.74) is 2.70.